The van der Waals surface area contributed by atoms with Crippen LogP contribution in [0, 0.1) is 5.82 Å². The minimum atomic E-state index is -3.59. The molecule has 0 fully saturated rings. The van der Waals surface area contributed by atoms with Crippen molar-refractivity contribution >= 4 is 28.0 Å². The van der Waals surface area contributed by atoms with Crippen molar-refractivity contribution in [1.82, 2.24) is 9.97 Å². The van der Waals surface area contributed by atoms with Crippen molar-refractivity contribution in [2.24, 2.45) is 0 Å². The smallest absolute Gasteiger partial charge is 0.331 e. The molecule has 0 saturated carbocycles. The quantitative estimate of drug-likeness (QED) is 0.630. The van der Waals surface area contributed by atoms with Crippen molar-refractivity contribution < 1.29 is 22.3 Å². The van der Waals surface area contributed by atoms with Crippen molar-refractivity contribution in [2.75, 3.05) is 17.6 Å². The summed E-state index contributed by atoms with van der Waals surface area (Å²) in [4.78, 5) is 20.5. The lowest BCUT2D eigenvalue weighted by Crippen LogP contribution is -2.27. The zero-order valence-corrected chi connectivity index (χ0v) is 18.6. The second-order valence-electron chi connectivity index (χ2n) is 7.54. The lowest BCUT2D eigenvalue weighted by Gasteiger charge is -2.21. The second kappa shape index (κ2) is 8.97. The van der Waals surface area contributed by atoms with Gasteiger partial charge in [-0.15, -0.1) is 0 Å². The molecule has 0 amide bonds. The van der Waals surface area contributed by atoms with Crippen molar-refractivity contribution in [3.63, 3.8) is 0 Å². The Labute approximate surface area is 181 Å². The SMILES string of the molecule is CC(C)c1nc(N(C)S(C)(=O)=O)nc(-c2ccc(F)cc2)c1/C=C/[C@H]1CC=CC(=O)O1. The van der Waals surface area contributed by atoms with Gasteiger partial charge in [0.1, 0.15) is 11.9 Å². The highest BCUT2D eigenvalue weighted by molar-refractivity contribution is 7.92. The summed E-state index contributed by atoms with van der Waals surface area (Å²) in [6, 6.07) is 5.78. The number of cyclic esters (lactones) is 1. The maximum atomic E-state index is 13.5. The van der Waals surface area contributed by atoms with Crippen LogP contribution in [0.25, 0.3) is 17.3 Å². The summed E-state index contributed by atoms with van der Waals surface area (Å²) in [5.74, 6) is -0.851. The molecule has 31 heavy (non-hydrogen) atoms. The number of anilines is 1. The fraction of sp³-hybridized carbons (Fsp3) is 0.318. The molecule has 0 N–H and O–H groups in total. The van der Waals surface area contributed by atoms with Crippen LogP contribution in [0.2, 0.25) is 0 Å². The second-order valence-corrected chi connectivity index (χ2v) is 9.55. The molecule has 9 heteroatoms. The van der Waals surface area contributed by atoms with Gasteiger partial charge in [0.15, 0.2) is 0 Å². The molecule has 1 aromatic carbocycles. The van der Waals surface area contributed by atoms with Gasteiger partial charge in [0.05, 0.1) is 17.6 Å². The minimum Gasteiger partial charge on any atom is -0.455 e. The van der Waals surface area contributed by atoms with E-state index in [1.165, 1.54) is 25.3 Å². The Bertz CT molecular complexity index is 1140. The average Bonchev–Trinajstić information content (AvgIpc) is 2.71. The van der Waals surface area contributed by atoms with Crippen molar-refractivity contribution in [1.29, 1.82) is 0 Å². The number of hydrogen-bond acceptors (Lipinski definition) is 6. The Kier molecular flexibility index (Phi) is 6.54. The number of rotatable bonds is 6. The van der Waals surface area contributed by atoms with E-state index in [-0.39, 0.29) is 11.9 Å². The highest BCUT2D eigenvalue weighted by atomic mass is 32.2. The molecule has 0 aliphatic carbocycles. The van der Waals surface area contributed by atoms with E-state index in [0.717, 1.165) is 10.6 Å². The van der Waals surface area contributed by atoms with E-state index in [1.807, 2.05) is 13.8 Å². The van der Waals surface area contributed by atoms with E-state index in [4.69, 9.17) is 4.74 Å². The van der Waals surface area contributed by atoms with E-state index in [1.54, 1.807) is 30.4 Å². The summed E-state index contributed by atoms with van der Waals surface area (Å²) in [5, 5.41) is 0. The molecule has 2 aromatic rings. The monoisotopic (exact) mass is 445 g/mol. The topological polar surface area (TPSA) is 89.5 Å². The number of nitrogens with zero attached hydrogens (tertiary/aromatic N) is 3. The van der Waals surface area contributed by atoms with Gasteiger partial charge in [-0.2, -0.15) is 0 Å². The lowest BCUT2D eigenvalue weighted by atomic mass is 9.97. The van der Waals surface area contributed by atoms with Gasteiger partial charge in [-0.25, -0.2) is 31.9 Å². The number of halogens is 1. The van der Waals surface area contributed by atoms with Crippen molar-refractivity contribution in [3.05, 3.63) is 59.6 Å². The van der Waals surface area contributed by atoms with Crippen LogP contribution in [0.5, 0.6) is 0 Å². The van der Waals surface area contributed by atoms with Crippen LogP contribution < -0.4 is 4.31 Å². The first-order valence-corrected chi connectivity index (χ1v) is 11.6. The molecule has 0 saturated heterocycles. The van der Waals surface area contributed by atoms with Gasteiger partial charge in [0, 0.05) is 30.7 Å². The molecule has 3 rings (SSSR count). The molecule has 1 aromatic heterocycles. The summed E-state index contributed by atoms with van der Waals surface area (Å²) < 4.78 is 44.0. The minimum absolute atomic E-state index is 0.0229. The van der Waals surface area contributed by atoms with Crippen molar-refractivity contribution in [3.8, 4) is 11.3 Å². The molecule has 1 atom stereocenters. The fourth-order valence-electron chi connectivity index (χ4n) is 3.05. The Balaban J connectivity index is 2.19. The summed E-state index contributed by atoms with van der Waals surface area (Å²) in [6.07, 6.45) is 7.83. The predicted molar refractivity (Wildman–Crippen MR) is 117 cm³/mol. The number of sulfonamides is 1. The molecule has 0 radical (unpaired) electrons. The van der Waals surface area contributed by atoms with E-state index in [9.17, 15) is 17.6 Å². The molecular formula is C22H24FN3O4S. The normalized spacial score (nSPS) is 16.7. The first kappa shape index (κ1) is 22.6. The maximum absolute atomic E-state index is 13.5. The molecular weight excluding hydrogens is 421 g/mol. The van der Waals surface area contributed by atoms with Crippen LogP contribution in [0.4, 0.5) is 10.3 Å². The summed E-state index contributed by atoms with van der Waals surface area (Å²) in [7, 11) is -2.21. The fourth-order valence-corrected chi connectivity index (χ4v) is 3.43. The molecule has 7 nitrogen and oxygen atoms in total. The van der Waals surface area contributed by atoms with E-state index >= 15 is 0 Å². The van der Waals surface area contributed by atoms with Crippen LogP contribution >= 0.6 is 0 Å². The zero-order valence-electron chi connectivity index (χ0n) is 17.7. The number of ether oxygens (including phenoxy) is 1. The lowest BCUT2D eigenvalue weighted by molar-refractivity contribution is -0.141. The number of aromatic nitrogens is 2. The Morgan fingerprint density at radius 2 is 1.90 bits per heavy atom. The number of carbonyl (C=O) groups is 1. The third-order valence-corrected chi connectivity index (χ3v) is 5.93. The first-order chi connectivity index (χ1) is 14.6. The third kappa shape index (κ3) is 5.35. The molecule has 0 spiro atoms. The van der Waals surface area contributed by atoms with Crippen LogP contribution in [0.15, 0.2) is 42.5 Å². The van der Waals surface area contributed by atoms with Crippen molar-refractivity contribution in [2.45, 2.75) is 32.3 Å². The molecule has 1 aliphatic heterocycles. The Morgan fingerprint density at radius 3 is 2.48 bits per heavy atom. The van der Waals surface area contributed by atoms with Gasteiger partial charge >= 0.3 is 5.97 Å². The maximum Gasteiger partial charge on any atom is 0.331 e. The van der Waals surface area contributed by atoms with Crippen LogP contribution in [0.1, 0.15) is 37.4 Å². The van der Waals surface area contributed by atoms with Crippen LogP contribution in [-0.4, -0.2) is 43.8 Å². The molecule has 0 unspecified atom stereocenters. The average molecular weight is 446 g/mol. The molecule has 0 bridgehead atoms. The van der Waals surface area contributed by atoms with Gasteiger partial charge in [-0.05, 0) is 36.3 Å². The number of hydrogen-bond donors (Lipinski definition) is 0. The van der Waals surface area contributed by atoms with Gasteiger partial charge in [-0.3, -0.25) is 0 Å². The van der Waals surface area contributed by atoms with Crippen LogP contribution in [-0.2, 0) is 19.6 Å². The standard InChI is InChI=1S/C22H24FN3O4S/c1-14(2)20-18(13-12-17-6-5-7-19(27)30-17)21(15-8-10-16(23)11-9-15)25-22(24-20)26(3)31(4,28)29/h5,7-14,17H,6H2,1-4H3/b13-12+/t17-/m1/s1. The third-order valence-electron chi connectivity index (χ3n) is 4.77. The van der Waals surface area contributed by atoms with Gasteiger partial charge in [0.2, 0.25) is 16.0 Å². The Hall–Kier alpha value is -3.07. The summed E-state index contributed by atoms with van der Waals surface area (Å²) in [6.45, 7) is 3.86. The first-order valence-electron chi connectivity index (χ1n) is 9.73. The van der Waals surface area contributed by atoms with Gasteiger partial charge in [-0.1, -0.05) is 26.0 Å². The highest BCUT2D eigenvalue weighted by Gasteiger charge is 2.22. The van der Waals surface area contributed by atoms with E-state index < -0.39 is 27.9 Å². The number of benzene rings is 1. The molecule has 1 aliphatic rings. The van der Waals surface area contributed by atoms with E-state index in [2.05, 4.69) is 9.97 Å². The molecule has 2 heterocycles. The van der Waals surface area contributed by atoms with Gasteiger partial charge < -0.3 is 4.74 Å². The summed E-state index contributed by atoms with van der Waals surface area (Å²) in [5.41, 5.74) is 2.33. The number of carbonyl (C=O) groups excluding carboxylic acids is 1. The molecule has 164 valence electrons. The van der Waals surface area contributed by atoms with Gasteiger partial charge in [0.25, 0.3) is 0 Å². The highest BCUT2D eigenvalue weighted by Crippen LogP contribution is 2.32. The predicted octanol–water partition coefficient (Wildman–Crippen LogP) is 3.69. The van der Waals surface area contributed by atoms with E-state index in [0.29, 0.717) is 28.9 Å². The summed E-state index contributed by atoms with van der Waals surface area (Å²) >= 11 is 0. The largest absolute Gasteiger partial charge is 0.455 e. The Morgan fingerprint density at radius 1 is 1.23 bits per heavy atom. The van der Waals surface area contributed by atoms with Crippen LogP contribution in [0.3, 0.4) is 0 Å². The zero-order chi connectivity index (χ0) is 22.8. The number of esters is 1.